The van der Waals surface area contributed by atoms with E-state index < -0.39 is 17.7 Å². The van der Waals surface area contributed by atoms with Gasteiger partial charge < -0.3 is 24.4 Å². The molecule has 0 bridgehead atoms. The second-order valence-electron chi connectivity index (χ2n) is 12.9. The van der Waals surface area contributed by atoms with Crippen LogP contribution in [0.4, 0.5) is 0 Å². The number of methoxy groups -OCH3 is 3. The Morgan fingerprint density at radius 3 is 1.68 bits per heavy atom. The van der Waals surface area contributed by atoms with Crippen molar-refractivity contribution in [2.75, 3.05) is 21.3 Å². The Labute approximate surface area is 295 Å². The summed E-state index contributed by atoms with van der Waals surface area (Å²) in [5, 5.41) is 3.33. The quantitative estimate of drug-likeness (QED) is 0.0954. The van der Waals surface area contributed by atoms with Gasteiger partial charge >= 0.3 is 0 Å². The first-order chi connectivity index (χ1) is 24.4. The molecule has 0 aliphatic carbocycles. The number of carbonyl (C=O) groups excluding carboxylic acids is 3. The van der Waals surface area contributed by atoms with Gasteiger partial charge in [-0.2, -0.15) is 0 Å². The number of hydrogen-bond donors (Lipinski definition) is 1. The zero-order valence-electron chi connectivity index (χ0n) is 29.3. The number of ether oxygens (including phenoxy) is 3. The Balaban J connectivity index is 1.36. The molecule has 8 heteroatoms. The van der Waals surface area contributed by atoms with E-state index in [4.69, 9.17) is 14.2 Å². The van der Waals surface area contributed by atoms with Gasteiger partial charge in [-0.05, 0) is 86.6 Å². The lowest BCUT2D eigenvalue weighted by Gasteiger charge is -2.31. The first kappa shape index (κ1) is 36.2. The average molecular weight is 677 g/mol. The first-order valence-electron chi connectivity index (χ1n) is 17.5. The van der Waals surface area contributed by atoms with Gasteiger partial charge in [0.25, 0.3) is 11.7 Å². The minimum Gasteiger partial charge on any atom is -0.493 e. The number of amides is 2. The zero-order chi connectivity index (χ0) is 35.3. The summed E-state index contributed by atoms with van der Waals surface area (Å²) in [6.07, 6.45) is 6.92. The minimum absolute atomic E-state index is 0.0640. The van der Waals surface area contributed by atoms with Crippen molar-refractivity contribution < 1.29 is 28.6 Å². The standard InChI is InChI=1S/C42H48N2O6/c1-48-37-28-33(29-38(49-2)40(37)50-3)39(45)42(47)44-35(27-32-19-11-6-12-20-32)25-26-36(44)41(46)43-34(23-13-21-30-15-7-4-8-16-30)24-14-22-31-17-9-5-10-18-31/h4-12,15-20,28-29,34-36H,13-14,21-27H2,1-3H3,(H,43,46)/t35-,36+/m1/s1. The summed E-state index contributed by atoms with van der Waals surface area (Å²) in [7, 11) is 4.39. The average Bonchev–Trinajstić information content (AvgIpc) is 3.58. The van der Waals surface area contributed by atoms with Crippen molar-refractivity contribution in [3.63, 3.8) is 0 Å². The van der Waals surface area contributed by atoms with E-state index in [0.717, 1.165) is 44.1 Å². The van der Waals surface area contributed by atoms with E-state index in [1.165, 1.54) is 49.5 Å². The van der Waals surface area contributed by atoms with E-state index in [0.29, 0.717) is 25.0 Å². The van der Waals surface area contributed by atoms with E-state index in [2.05, 4.69) is 29.6 Å². The third-order valence-electron chi connectivity index (χ3n) is 9.54. The molecule has 1 N–H and O–H groups in total. The molecule has 4 aromatic carbocycles. The van der Waals surface area contributed by atoms with Crippen molar-refractivity contribution in [1.29, 1.82) is 0 Å². The maximum Gasteiger partial charge on any atom is 0.295 e. The monoisotopic (exact) mass is 676 g/mol. The van der Waals surface area contributed by atoms with Gasteiger partial charge in [-0.1, -0.05) is 91.0 Å². The third kappa shape index (κ3) is 9.31. The first-order valence-corrected chi connectivity index (χ1v) is 17.5. The molecule has 2 atom stereocenters. The highest BCUT2D eigenvalue weighted by molar-refractivity contribution is 6.43. The van der Waals surface area contributed by atoms with E-state index >= 15 is 0 Å². The molecule has 1 fully saturated rings. The van der Waals surface area contributed by atoms with Crippen LogP contribution in [0.5, 0.6) is 17.2 Å². The number of likely N-dealkylation sites (tertiary alicyclic amines) is 1. The fourth-order valence-electron chi connectivity index (χ4n) is 6.97. The lowest BCUT2D eigenvalue weighted by atomic mass is 9.98. The van der Waals surface area contributed by atoms with Crippen LogP contribution in [0.25, 0.3) is 0 Å². The zero-order valence-corrected chi connectivity index (χ0v) is 29.3. The van der Waals surface area contributed by atoms with Crippen molar-refractivity contribution >= 4 is 17.6 Å². The number of nitrogens with zero attached hydrogens (tertiary/aromatic N) is 1. The topological polar surface area (TPSA) is 94.2 Å². The number of nitrogens with one attached hydrogen (secondary N) is 1. The molecule has 50 heavy (non-hydrogen) atoms. The maximum absolute atomic E-state index is 14.2. The molecule has 0 unspecified atom stereocenters. The van der Waals surface area contributed by atoms with Crippen LogP contribution < -0.4 is 19.5 Å². The van der Waals surface area contributed by atoms with Gasteiger partial charge in [-0.25, -0.2) is 0 Å². The Bertz CT molecular complexity index is 1630. The normalized spacial score (nSPS) is 15.5. The fraction of sp³-hybridized carbons (Fsp3) is 0.357. The molecule has 8 nitrogen and oxygen atoms in total. The van der Waals surface area contributed by atoms with E-state index in [1.807, 2.05) is 66.7 Å². The Morgan fingerprint density at radius 2 is 1.20 bits per heavy atom. The summed E-state index contributed by atoms with van der Waals surface area (Å²) in [5.74, 6) is -0.797. The van der Waals surface area contributed by atoms with Gasteiger partial charge in [0, 0.05) is 17.6 Å². The largest absolute Gasteiger partial charge is 0.493 e. The molecular weight excluding hydrogens is 628 g/mol. The molecule has 0 spiro atoms. The predicted molar refractivity (Wildman–Crippen MR) is 195 cm³/mol. The lowest BCUT2D eigenvalue weighted by molar-refractivity contribution is -0.137. The SMILES string of the molecule is COc1cc(C(=O)C(=O)N2[C@@H](Cc3ccccc3)CC[C@H]2C(=O)NC(CCCc2ccccc2)CCCc2ccccc2)cc(OC)c1OC. The molecule has 1 aliphatic rings. The molecule has 262 valence electrons. The van der Waals surface area contributed by atoms with Crippen LogP contribution in [-0.4, -0.2) is 62.0 Å². The Hall–Kier alpha value is -5.11. The van der Waals surface area contributed by atoms with Crippen LogP contribution in [-0.2, 0) is 28.9 Å². The van der Waals surface area contributed by atoms with Crippen LogP contribution in [0.15, 0.2) is 103 Å². The molecule has 1 aliphatic heterocycles. The summed E-state index contributed by atoms with van der Waals surface area (Å²) < 4.78 is 16.3. The molecule has 0 saturated carbocycles. The molecule has 2 amide bonds. The second kappa shape index (κ2) is 18.0. The van der Waals surface area contributed by atoms with Gasteiger partial charge in [-0.3, -0.25) is 14.4 Å². The maximum atomic E-state index is 14.2. The number of carbonyl (C=O) groups is 3. The summed E-state index contributed by atoms with van der Waals surface area (Å²) >= 11 is 0. The summed E-state index contributed by atoms with van der Waals surface area (Å²) in [6, 6.07) is 32.4. The van der Waals surface area contributed by atoms with E-state index in [-0.39, 0.29) is 35.1 Å². The van der Waals surface area contributed by atoms with Gasteiger partial charge in [0.1, 0.15) is 6.04 Å². The van der Waals surface area contributed by atoms with Crippen molar-refractivity contribution in [3.05, 3.63) is 125 Å². The van der Waals surface area contributed by atoms with Crippen molar-refractivity contribution in [1.82, 2.24) is 10.2 Å². The lowest BCUT2D eigenvalue weighted by Crippen LogP contribution is -2.53. The number of benzene rings is 4. The Kier molecular flexibility index (Phi) is 13.1. The van der Waals surface area contributed by atoms with Gasteiger partial charge in [0.15, 0.2) is 11.5 Å². The molecule has 4 aromatic rings. The van der Waals surface area contributed by atoms with E-state index in [9.17, 15) is 14.4 Å². The molecule has 0 radical (unpaired) electrons. The van der Waals surface area contributed by atoms with Gasteiger partial charge in [0.2, 0.25) is 11.7 Å². The van der Waals surface area contributed by atoms with Crippen LogP contribution in [0, 0.1) is 0 Å². The highest BCUT2D eigenvalue weighted by Crippen LogP contribution is 2.39. The number of Topliss-reactive ketones (excluding diaryl/α,β-unsaturated/α-hetero) is 1. The van der Waals surface area contributed by atoms with Crippen molar-refractivity contribution in [2.45, 2.75) is 75.9 Å². The summed E-state index contributed by atoms with van der Waals surface area (Å²) in [6.45, 7) is 0. The van der Waals surface area contributed by atoms with Crippen LogP contribution >= 0.6 is 0 Å². The van der Waals surface area contributed by atoms with Crippen LogP contribution in [0.1, 0.15) is 65.6 Å². The summed E-state index contributed by atoms with van der Waals surface area (Å²) in [4.78, 5) is 43.9. The second-order valence-corrected chi connectivity index (χ2v) is 12.9. The number of rotatable bonds is 17. The third-order valence-corrected chi connectivity index (χ3v) is 9.54. The van der Waals surface area contributed by atoms with Crippen LogP contribution in [0.2, 0.25) is 0 Å². The fourth-order valence-corrected chi connectivity index (χ4v) is 6.97. The van der Waals surface area contributed by atoms with Crippen molar-refractivity contribution in [3.8, 4) is 17.2 Å². The predicted octanol–water partition coefficient (Wildman–Crippen LogP) is 7.03. The Morgan fingerprint density at radius 1 is 0.700 bits per heavy atom. The molecule has 0 aromatic heterocycles. The smallest absolute Gasteiger partial charge is 0.295 e. The molecule has 1 heterocycles. The van der Waals surface area contributed by atoms with Gasteiger partial charge in [0.05, 0.1) is 21.3 Å². The van der Waals surface area contributed by atoms with Crippen molar-refractivity contribution in [2.24, 2.45) is 0 Å². The number of hydrogen-bond acceptors (Lipinski definition) is 6. The highest BCUT2D eigenvalue weighted by Gasteiger charge is 2.43. The highest BCUT2D eigenvalue weighted by atomic mass is 16.5. The summed E-state index contributed by atoms with van der Waals surface area (Å²) in [5.41, 5.74) is 3.68. The minimum atomic E-state index is -0.770. The number of ketones is 1. The van der Waals surface area contributed by atoms with E-state index in [1.54, 1.807) is 0 Å². The molecular formula is C42H48N2O6. The van der Waals surface area contributed by atoms with Gasteiger partial charge in [-0.15, -0.1) is 0 Å². The molecule has 5 rings (SSSR count). The molecule has 1 saturated heterocycles. The van der Waals surface area contributed by atoms with Crippen LogP contribution in [0.3, 0.4) is 0 Å². The number of aryl methyl sites for hydroxylation is 2.